The van der Waals surface area contributed by atoms with Crippen LogP contribution in [0.25, 0.3) is 0 Å². The Hall–Kier alpha value is -1.07. The van der Waals surface area contributed by atoms with Crippen molar-refractivity contribution in [2.75, 3.05) is 18.5 Å². The van der Waals surface area contributed by atoms with Crippen LogP contribution in [0.3, 0.4) is 0 Å². The van der Waals surface area contributed by atoms with E-state index in [1.165, 1.54) is 0 Å². The molecule has 0 fully saturated rings. The van der Waals surface area contributed by atoms with E-state index in [0.29, 0.717) is 19.6 Å². The Morgan fingerprint density at radius 1 is 1.39 bits per heavy atom. The minimum Gasteiger partial charge on any atom is -0.493 e. The van der Waals surface area contributed by atoms with E-state index in [4.69, 9.17) is 14.6 Å². The second kappa shape index (κ2) is 8.11. The maximum atomic E-state index is 10.9. The van der Waals surface area contributed by atoms with Crippen molar-refractivity contribution in [2.45, 2.75) is 19.4 Å². The number of alkyl halides is 1. The van der Waals surface area contributed by atoms with Gasteiger partial charge in [0.05, 0.1) is 6.61 Å². The summed E-state index contributed by atoms with van der Waals surface area (Å²) in [6, 6.07) is 7.39. The van der Waals surface area contributed by atoms with Crippen LogP contribution in [-0.4, -0.2) is 35.7 Å². The minimum absolute atomic E-state index is 0.363. The number of aliphatic carboxylic acids is 1. The highest BCUT2D eigenvalue weighted by molar-refractivity contribution is 9.09. The highest BCUT2D eigenvalue weighted by Gasteiger charge is 2.17. The molecule has 0 spiro atoms. The molecule has 1 N–H and O–H groups in total. The molecule has 0 aromatic heterocycles. The van der Waals surface area contributed by atoms with Gasteiger partial charge in [0.2, 0.25) is 0 Å². The monoisotopic (exact) mass is 316 g/mol. The van der Waals surface area contributed by atoms with E-state index in [2.05, 4.69) is 15.9 Å². The first-order chi connectivity index (χ1) is 8.67. The zero-order chi connectivity index (χ0) is 13.4. The van der Waals surface area contributed by atoms with Gasteiger partial charge in [-0.25, -0.2) is 4.79 Å². The summed E-state index contributed by atoms with van der Waals surface area (Å²) >= 11 is 3.28. The Labute approximate surface area is 115 Å². The zero-order valence-corrected chi connectivity index (χ0v) is 11.9. The van der Waals surface area contributed by atoms with Crippen molar-refractivity contribution in [1.29, 1.82) is 0 Å². The van der Waals surface area contributed by atoms with Crippen LogP contribution in [0.5, 0.6) is 5.75 Å². The number of benzene rings is 1. The van der Waals surface area contributed by atoms with Crippen LogP contribution >= 0.6 is 15.9 Å². The standard InChI is InChI=1S/C13H17BrO4/c1-2-17-12(13(15)16)9-10-3-5-11(6-4-10)18-8-7-14/h3-6,12H,2,7-9H2,1H3,(H,15,16). The first-order valence-electron chi connectivity index (χ1n) is 5.79. The van der Waals surface area contributed by atoms with Gasteiger partial charge in [0, 0.05) is 18.4 Å². The highest BCUT2D eigenvalue weighted by atomic mass is 79.9. The Morgan fingerprint density at radius 3 is 2.56 bits per heavy atom. The fraction of sp³-hybridized carbons (Fsp3) is 0.462. The molecule has 1 rings (SSSR count). The molecule has 5 heteroatoms. The number of hydrogen-bond donors (Lipinski definition) is 1. The number of carboxylic acids is 1. The van der Waals surface area contributed by atoms with Gasteiger partial charge in [0.25, 0.3) is 0 Å². The molecule has 18 heavy (non-hydrogen) atoms. The van der Waals surface area contributed by atoms with E-state index in [-0.39, 0.29) is 0 Å². The van der Waals surface area contributed by atoms with Gasteiger partial charge in [0.15, 0.2) is 6.10 Å². The maximum absolute atomic E-state index is 10.9. The first kappa shape index (κ1) is 15.0. The van der Waals surface area contributed by atoms with Gasteiger partial charge in [-0.05, 0) is 24.6 Å². The largest absolute Gasteiger partial charge is 0.493 e. The van der Waals surface area contributed by atoms with E-state index in [0.717, 1.165) is 16.6 Å². The molecule has 1 aromatic rings. The van der Waals surface area contributed by atoms with Crippen molar-refractivity contribution < 1.29 is 19.4 Å². The quantitative estimate of drug-likeness (QED) is 0.749. The Bertz CT molecular complexity index is 364. The Kier molecular flexibility index (Phi) is 6.75. The van der Waals surface area contributed by atoms with Crippen LogP contribution in [0.2, 0.25) is 0 Å². The number of rotatable bonds is 8. The molecule has 0 saturated carbocycles. The van der Waals surface area contributed by atoms with E-state index in [1.807, 2.05) is 24.3 Å². The van der Waals surface area contributed by atoms with Gasteiger partial charge in [-0.3, -0.25) is 0 Å². The molecule has 1 atom stereocenters. The molecule has 0 saturated heterocycles. The Morgan fingerprint density at radius 2 is 2.06 bits per heavy atom. The average Bonchev–Trinajstić information content (AvgIpc) is 2.37. The summed E-state index contributed by atoms with van der Waals surface area (Å²) in [7, 11) is 0. The van der Waals surface area contributed by atoms with Crippen molar-refractivity contribution >= 4 is 21.9 Å². The van der Waals surface area contributed by atoms with Gasteiger partial charge >= 0.3 is 5.97 Å². The predicted octanol–water partition coefficient (Wildman–Crippen LogP) is 2.49. The number of ether oxygens (including phenoxy) is 2. The number of halogens is 1. The van der Waals surface area contributed by atoms with Crippen molar-refractivity contribution in [2.24, 2.45) is 0 Å². The van der Waals surface area contributed by atoms with Crippen LogP contribution in [0.4, 0.5) is 0 Å². The molecular weight excluding hydrogens is 300 g/mol. The molecule has 0 heterocycles. The number of carbonyl (C=O) groups is 1. The van der Waals surface area contributed by atoms with Gasteiger partial charge in [-0.1, -0.05) is 28.1 Å². The van der Waals surface area contributed by atoms with Gasteiger partial charge in [0.1, 0.15) is 5.75 Å². The molecule has 1 unspecified atom stereocenters. The first-order valence-corrected chi connectivity index (χ1v) is 6.91. The zero-order valence-electron chi connectivity index (χ0n) is 10.3. The normalized spacial score (nSPS) is 12.1. The van der Waals surface area contributed by atoms with Crippen molar-refractivity contribution in [3.05, 3.63) is 29.8 Å². The molecule has 0 aliphatic heterocycles. The third kappa shape index (κ3) is 5.06. The minimum atomic E-state index is -0.934. The highest BCUT2D eigenvalue weighted by Crippen LogP contribution is 2.14. The summed E-state index contributed by atoms with van der Waals surface area (Å²) in [4.78, 5) is 10.9. The SMILES string of the molecule is CCOC(Cc1ccc(OCCBr)cc1)C(=O)O. The van der Waals surface area contributed by atoms with Gasteiger partial charge in [-0.2, -0.15) is 0 Å². The molecule has 0 radical (unpaired) electrons. The fourth-order valence-electron chi connectivity index (χ4n) is 1.51. The molecule has 0 bridgehead atoms. The van der Waals surface area contributed by atoms with Gasteiger partial charge in [-0.15, -0.1) is 0 Å². The molecule has 0 amide bonds. The summed E-state index contributed by atoms with van der Waals surface area (Å²) in [5, 5.41) is 9.76. The van der Waals surface area contributed by atoms with Gasteiger partial charge < -0.3 is 14.6 Å². The lowest BCUT2D eigenvalue weighted by Gasteiger charge is -2.12. The summed E-state index contributed by atoms with van der Waals surface area (Å²) in [5.74, 6) is -0.155. The Balaban J connectivity index is 2.58. The number of carboxylic acid groups (broad SMARTS) is 1. The molecular formula is C13H17BrO4. The third-order valence-corrected chi connectivity index (χ3v) is 2.66. The summed E-state index contributed by atoms with van der Waals surface area (Å²) in [6.45, 7) is 2.78. The lowest BCUT2D eigenvalue weighted by molar-refractivity contribution is -0.149. The van der Waals surface area contributed by atoms with Crippen LogP contribution in [0.1, 0.15) is 12.5 Å². The van der Waals surface area contributed by atoms with Crippen molar-refractivity contribution in [1.82, 2.24) is 0 Å². The molecule has 1 aromatic carbocycles. The van der Waals surface area contributed by atoms with Crippen molar-refractivity contribution in [3.8, 4) is 5.75 Å². The second-order valence-corrected chi connectivity index (χ2v) is 4.46. The lowest BCUT2D eigenvalue weighted by atomic mass is 10.1. The van der Waals surface area contributed by atoms with Crippen LogP contribution in [0, 0.1) is 0 Å². The number of hydrogen-bond acceptors (Lipinski definition) is 3. The molecule has 4 nitrogen and oxygen atoms in total. The molecule has 0 aliphatic carbocycles. The van der Waals surface area contributed by atoms with Crippen LogP contribution in [-0.2, 0) is 16.0 Å². The summed E-state index contributed by atoms with van der Waals surface area (Å²) in [6.07, 6.45) is -0.425. The smallest absolute Gasteiger partial charge is 0.333 e. The maximum Gasteiger partial charge on any atom is 0.333 e. The summed E-state index contributed by atoms with van der Waals surface area (Å²) < 4.78 is 10.6. The summed E-state index contributed by atoms with van der Waals surface area (Å²) in [5.41, 5.74) is 0.919. The van der Waals surface area contributed by atoms with E-state index >= 15 is 0 Å². The molecule has 0 aliphatic rings. The lowest BCUT2D eigenvalue weighted by Crippen LogP contribution is -2.26. The predicted molar refractivity (Wildman–Crippen MR) is 72.5 cm³/mol. The fourth-order valence-corrected chi connectivity index (χ4v) is 1.67. The second-order valence-electron chi connectivity index (χ2n) is 3.67. The van der Waals surface area contributed by atoms with Crippen LogP contribution < -0.4 is 4.74 Å². The molecule has 100 valence electrons. The van der Waals surface area contributed by atoms with Crippen molar-refractivity contribution in [3.63, 3.8) is 0 Å². The average molecular weight is 317 g/mol. The van der Waals surface area contributed by atoms with E-state index in [9.17, 15) is 4.79 Å². The topological polar surface area (TPSA) is 55.8 Å². The van der Waals surface area contributed by atoms with Crippen LogP contribution in [0.15, 0.2) is 24.3 Å². The van der Waals surface area contributed by atoms with E-state index in [1.54, 1.807) is 6.92 Å². The van der Waals surface area contributed by atoms with E-state index < -0.39 is 12.1 Å². The third-order valence-electron chi connectivity index (χ3n) is 2.33.